The van der Waals surface area contributed by atoms with Gasteiger partial charge < -0.3 is 15.4 Å². The molecular formula is C14H20N4O4. The second-order valence-electron chi connectivity index (χ2n) is 4.99. The summed E-state index contributed by atoms with van der Waals surface area (Å²) in [5, 5.41) is 16.9. The van der Waals surface area contributed by atoms with Crippen LogP contribution < -0.4 is 15.4 Å². The van der Waals surface area contributed by atoms with Gasteiger partial charge in [-0.25, -0.2) is 0 Å². The van der Waals surface area contributed by atoms with Crippen LogP contribution in [0.2, 0.25) is 0 Å². The maximum absolute atomic E-state index is 12.1. The first-order valence-electron chi connectivity index (χ1n) is 7.15. The third-order valence-electron chi connectivity index (χ3n) is 3.56. The van der Waals surface area contributed by atoms with Gasteiger partial charge in [-0.3, -0.25) is 19.8 Å². The Bertz CT molecular complexity index is 544. The van der Waals surface area contributed by atoms with E-state index in [1.165, 1.54) is 25.3 Å². The molecule has 1 aliphatic heterocycles. The summed E-state index contributed by atoms with van der Waals surface area (Å²) in [5.41, 5.74) is 0.197. The first kappa shape index (κ1) is 16.2. The average Bonchev–Trinajstić information content (AvgIpc) is 2.55. The minimum absolute atomic E-state index is 0.0831. The lowest BCUT2D eigenvalue weighted by molar-refractivity contribution is -0.385. The van der Waals surface area contributed by atoms with Gasteiger partial charge in [0.25, 0.3) is 5.91 Å². The van der Waals surface area contributed by atoms with Gasteiger partial charge in [0.2, 0.25) is 0 Å². The molecule has 0 radical (unpaired) electrons. The van der Waals surface area contributed by atoms with Crippen molar-refractivity contribution in [2.45, 2.75) is 0 Å². The predicted molar refractivity (Wildman–Crippen MR) is 81.3 cm³/mol. The molecule has 1 amide bonds. The van der Waals surface area contributed by atoms with Gasteiger partial charge in [0.05, 0.1) is 12.0 Å². The number of hydrogen-bond donors (Lipinski definition) is 2. The summed E-state index contributed by atoms with van der Waals surface area (Å²) in [5.74, 6) is -0.178. The van der Waals surface area contributed by atoms with Crippen LogP contribution in [0.25, 0.3) is 0 Å². The highest BCUT2D eigenvalue weighted by atomic mass is 16.6. The topological polar surface area (TPSA) is 96.7 Å². The molecule has 0 aromatic heterocycles. The van der Waals surface area contributed by atoms with Crippen molar-refractivity contribution in [3.63, 3.8) is 0 Å². The molecule has 8 heteroatoms. The molecule has 0 bridgehead atoms. The fraction of sp³-hybridized carbons (Fsp3) is 0.500. The van der Waals surface area contributed by atoms with E-state index >= 15 is 0 Å². The van der Waals surface area contributed by atoms with E-state index in [1.807, 2.05) is 0 Å². The Morgan fingerprint density at radius 3 is 2.82 bits per heavy atom. The number of nitro groups is 1. The minimum Gasteiger partial charge on any atom is -0.490 e. The Balaban J connectivity index is 1.90. The van der Waals surface area contributed by atoms with Crippen molar-refractivity contribution in [2.75, 3.05) is 46.4 Å². The zero-order chi connectivity index (χ0) is 15.9. The third kappa shape index (κ3) is 4.15. The molecule has 2 N–H and O–H groups in total. The Morgan fingerprint density at radius 2 is 2.18 bits per heavy atom. The Kier molecular flexibility index (Phi) is 5.68. The maximum Gasteiger partial charge on any atom is 0.310 e. The molecule has 1 saturated heterocycles. The van der Waals surface area contributed by atoms with E-state index in [0.717, 1.165) is 32.7 Å². The van der Waals surface area contributed by atoms with E-state index in [9.17, 15) is 14.9 Å². The predicted octanol–water partition coefficient (Wildman–Crippen LogP) is 0.238. The lowest BCUT2D eigenvalue weighted by atomic mass is 10.1. The second-order valence-corrected chi connectivity index (χ2v) is 4.99. The molecule has 0 aliphatic carbocycles. The summed E-state index contributed by atoms with van der Waals surface area (Å²) < 4.78 is 4.96. The van der Waals surface area contributed by atoms with E-state index in [1.54, 1.807) is 0 Å². The number of hydrogen-bond acceptors (Lipinski definition) is 6. The van der Waals surface area contributed by atoms with E-state index in [2.05, 4.69) is 15.5 Å². The summed E-state index contributed by atoms with van der Waals surface area (Å²) in [7, 11) is 1.34. The highest BCUT2D eigenvalue weighted by Crippen LogP contribution is 2.27. The molecule has 8 nitrogen and oxygen atoms in total. The molecule has 1 fully saturated rings. The van der Waals surface area contributed by atoms with Crippen molar-refractivity contribution >= 4 is 11.6 Å². The summed E-state index contributed by atoms with van der Waals surface area (Å²) in [6, 6.07) is 4.10. The Hall–Kier alpha value is -2.19. The number of nitrogens with one attached hydrogen (secondary N) is 2. The summed E-state index contributed by atoms with van der Waals surface area (Å²) in [6.07, 6.45) is 0. The van der Waals surface area contributed by atoms with E-state index in [-0.39, 0.29) is 17.3 Å². The molecule has 0 unspecified atom stereocenters. The van der Waals surface area contributed by atoms with Gasteiger partial charge in [-0.05, 0) is 6.07 Å². The van der Waals surface area contributed by atoms with E-state index < -0.39 is 4.92 Å². The number of carbonyl (C=O) groups excluding carboxylic acids is 1. The highest BCUT2D eigenvalue weighted by molar-refractivity contribution is 5.95. The molecule has 0 spiro atoms. The highest BCUT2D eigenvalue weighted by Gasteiger charge is 2.17. The van der Waals surface area contributed by atoms with Gasteiger partial charge in [-0.15, -0.1) is 0 Å². The number of ether oxygens (including phenoxy) is 1. The third-order valence-corrected chi connectivity index (χ3v) is 3.56. The van der Waals surface area contributed by atoms with Gasteiger partial charge in [0.15, 0.2) is 5.75 Å². The summed E-state index contributed by atoms with van der Waals surface area (Å²) in [4.78, 5) is 24.6. The van der Waals surface area contributed by atoms with Crippen LogP contribution in [-0.4, -0.2) is 62.1 Å². The van der Waals surface area contributed by atoms with Crippen molar-refractivity contribution < 1.29 is 14.5 Å². The first-order valence-corrected chi connectivity index (χ1v) is 7.15. The number of piperazine rings is 1. The SMILES string of the molecule is COc1cc(C(=O)NCCN2CCNCC2)ccc1[N+](=O)[O-]. The number of nitro benzene ring substituents is 1. The number of carbonyl (C=O) groups is 1. The van der Waals surface area contributed by atoms with Gasteiger partial charge in [-0.2, -0.15) is 0 Å². The van der Waals surface area contributed by atoms with Crippen molar-refractivity contribution in [3.05, 3.63) is 33.9 Å². The lowest BCUT2D eigenvalue weighted by Gasteiger charge is -2.27. The van der Waals surface area contributed by atoms with E-state index in [0.29, 0.717) is 12.1 Å². The molecule has 1 aromatic rings. The van der Waals surface area contributed by atoms with Crippen LogP contribution >= 0.6 is 0 Å². The smallest absolute Gasteiger partial charge is 0.310 e. The Morgan fingerprint density at radius 1 is 1.45 bits per heavy atom. The standard InChI is InChI=1S/C14H20N4O4/c1-22-13-10-11(2-3-12(13)18(20)21)14(19)16-6-9-17-7-4-15-5-8-17/h2-3,10,15H,4-9H2,1H3,(H,16,19). The Labute approximate surface area is 128 Å². The largest absolute Gasteiger partial charge is 0.490 e. The maximum atomic E-state index is 12.1. The zero-order valence-electron chi connectivity index (χ0n) is 12.5. The van der Waals surface area contributed by atoms with Crippen molar-refractivity contribution in [1.82, 2.24) is 15.5 Å². The van der Waals surface area contributed by atoms with Crippen LogP contribution in [0.3, 0.4) is 0 Å². The normalized spacial score (nSPS) is 15.3. The number of amides is 1. The molecule has 1 aliphatic rings. The molecule has 0 atom stereocenters. The van der Waals surface area contributed by atoms with Gasteiger partial charge >= 0.3 is 5.69 Å². The fourth-order valence-electron chi connectivity index (χ4n) is 2.33. The molecule has 2 rings (SSSR count). The number of methoxy groups -OCH3 is 1. The first-order chi connectivity index (χ1) is 10.6. The quantitative estimate of drug-likeness (QED) is 0.577. The number of nitrogens with zero attached hydrogens (tertiary/aromatic N) is 2. The monoisotopic (exact) mass is 308 g/mol. The van der Waals surface area contributed by atoms with Gasteiger partial charge in [0.1, 0.15) is 0 Å². The molecule has 1 aromatic carbocycles. The van der Waals surface area contributed by atoms with Crippen molar-refractivity contribution in [1.29, 1.82) is 0 Å². The lowest BCUT2D eigenvalue weighted by Crippen LogP contribution is -2.46. The molecular weight excluding hydrogens is 288 g/mol. The van der Waals surface area contributed by atoms with Crippen LogP contribution in [0.4, 0.5) is 5.69 Å². The van der Waals surface area contributed by atoms with Crippen LogP contribution in [-0.2, 0) is 0 Å². The minimum atomic E-state index is -0.537. The van der Waals surface area contributed by atoms with Crippen molar-refractivity contribution in [3.8, 4) is 5.75 Å². The van der Waals surface area contributed by atoms with Crippen LogP contribution in [0.1, 0.15) is 10.4 Å². The van der Waals surface area contributed by atoms with Crippen molar-refractivity contribution in [2.24, 2.45) is 0 Å². The van der Waals surface area contributed by atoms with Crippen LogP contribution in [0.15, 0.2) is 18.2 Å². The van der Waals surface area contributed by atoms with E-state index in [4.69, 9.17) is 4.74 Å². The second kappa shape index (κ2) is 7.71. The van der Waals surface area contributed by atoms with Gasteiger partial charge in [0, 0.05) is 57.0 Å². The summed E-state index contributed by atoms with van der Waals surface area (Å²) in [6.45, 7) is 5.21. The van der Waals surface area contributed by atoms with Gasteiger partial charge in [-0.1, -0.05) is 0 Å². The summed E-state index contributed by atoms with van der Waals surface area (Å²) >= 11 is 0. The van der Waals surface area contributed by atoms with Crippen LogP contribution in [0, 0.1) is 10.1 Å². The van der Waals surface area contributed by atoms with Crippen LogP contribution in [0.5, 0.6) is 5.75 Å². The number of rotatable bonds is 6. The molecule has 1 heterocycles. The molecule has 0 saturated carbocycles. The molecule has 22 heavy (non-hydrogen) atoms. The zero-order valence-corrected chi connectivity index (χ0v) is 12.5. The fourth-order valence-corrected chi connectivity index (χ4v) is 2.33. The number of benzene rings is 1. The average molecular weight is 308 g/mol. The molecule has 120 valence electrons.